The van der Waals surface area contributed by atoms with E-state index < -0.39 is 15.8 Å². The Kier molecular flexibility index (Phi) is 4.33. The van der Waals surface area contributed by atoms with E-state index in [1.54, 1.807) is 6.07 Å². The lowest BCUT2D eigenvalue weighted by molar-refractivity contribution is 0.368. The molecule has 0 saturated carbocycles. The fourth-order valence-corrected chi connectivity index (χ4v) is 5.54. The smallest absolute Gasteiger partial charge is 0.246 e. The van der Waals surface area contributed by atoms with Gasteiger partial charge >= 0.3 is 0 Å². The number of benzene rings is 1. The van der Waals surface area contributed by atoms with Gasteiger partial charge in [-0.05, 0) is 37.8 Å². The van der Waals surface area contributed by atoms with Crippen molar-refractivity contribution in [3.63, 3.8) is 0 Å². The van der Waals surface area contributed by atoms with E-state index in [2.05, 4.69) is 14.8 Å². The number of sulfonamides is 1. The molecule has 0 amide bonds. The second-order valence-electron chi connectivity index (χ2n) is 6.64. The van der Waals surface area contributed by atoms with Crippen molar-refractivity contribution in [2.24, 2.45) is 0 Å². The first-order valence-corrected chi connectivity index (χ1v) is 10.2. The molecule has 25 heavy (non-hydrogen) atoms. The molecule has 8 heteroatoms. The number of rotatable bonds is 3. The lowest BCUT2D eigenvalue weighted by Gasteiger charge is -2.24. The standard InChI is InChI=1S/C17H21FN4O2S/c18-13-7-3-4-9-15(13)25(23,24)22-12-6-8-14(22)17-20-19-16-10-2-1-5-11-21(16)17/h3-4,7,9,14H,1-2,5-6,8,10-12H2/t14-/m0/s1. The minimum atomic E-state index is -3.90. The molecule has 0 bridgehead atoms. The molecule has 0 radical (unpaired) electrons. The van der Waals surface area contributed by atoms with Gasteiger partial charge in [-0.3, -0.25) is 0 Å². The topological polar surface area (TPSA) is 68.1 Å². The number of nitrogens with zero attached hydrogens (tertiary/aromatic N) is 4. The van der Waals surface area contributed by atoms with Crippen LogP contribution < -0.4 is 0 Å². The third kappa shape index (κ3) is 2.87. The second-order valence-corrected chi connectivity index (χ2v) is 8.50. The summed E-state index contributed by atoms with van der Waals surface area (Å²) in [5, 5.41) is 8.60. The van der Waals surface area contributed by atoms with Crippen molar-refractivity contribution < 1.29 is 12.8 Å². The van der Waals surface area contributed by atoms with E-state index in [9.17, 15) is 12.8 Å². The monoisotopic (exact) mass is 364 g/mol. The molecule has 134 valence electrons. The average molecular weight is 364 g/mol. The van der Waals surface area contributed by atoms with Crippen LogP contribution >= 0.6 is 0 Å². The third-order valence-corrected chi connectivity index (χ3v) is 7.00. The molecule has 4 rings (SSSR count). The van der Waals surface area contributed by atoms with Crippen molar-refractivity contribution in [3.8, 4) is 0 Å². The van der Waals surface area contributed by atoms with Gasteiger partial charge in [0.1, 0.15) is 16.5 Å². The molecule has 0 N–H and O–H groups in total. The highest BCUT2D eigenvalue weighted by Crippen LogP contribution is 2.37. The van der Waals surface area contributed by atoms with E-state index in [-0.39, 0.29) is 10.9 Å². The fourth-order valence-electron chi connectivity index (χ4n) is 3.82. The summed E-state index contributed by atoms with van der Waals surface area (Å²) >= 11 is 0. The maximum atomic E-state index is 14.1. The van der Waals surface area contributed by atoms with Gasteiger partial charge in [-0.1, -0.05) is 18.6 Å². The molecule has 1 aromatic carbocycles. The van der Waals surface area contributed by atoms with E-state index >= 15 is 0 Å². The van der Waals surface area contributed by atoms with E-state index in [1.807, 2.05) is 0 Å². The minimum Gasteiger partial charge on any atom is -0.314 e. The van der Waals surface area contributed by atoms with Gasteiger partial charge in [0.25, 0.3) is 0 Å². The van der Waals surface area contributed by atoms with Crippen LogP contribution in [0.4, 0.5) is 4.39 Å². The van der Waals surface area contributed by atoms with Gasteiger partial charge < -0.3 is 4.57 Å². The van der Waals surface area contributed by atoms with Crippen LogP contribution in [0, 0.1) is 5.82 Å². The zero-order chi connectivity index (χ0) is 17.4. The molecule has 1 saturated heterocycles. The van der Waals surface area contributed by atoms with Crippen molar-refractivity contribution in [1.82, 2.24) is 19.1 Å². The predicted octanol–water partition coefficient (Wildman–Crippen LogP) is 2.67. The van der Waals surface area contributed by atoms with Crippen LogP contribution in [0.2, 0.25) is 0 Å². The summed E-state index contributed by atoms with van der Waals surface area (Å²) in [5.41, 5.74) is 0. The first-order valence-electron chi connectivity index (χ1n) is 8.77. The predicted molar refractivity (Wildman–Crippen MR) is 89.8 cm³/mol. The Bertz CT molecular complexity index is 881. The third-order valence-electron chi connectivity index (χ3n) is 5.06. The molecule has 1 atom stereocenters. The molecule has 2 aliphatic rings. The molecule has 1 aromatic heterocycles. The van der Waals surface area contributed by atoms with E-state index in [0.29, 0.717) is 18.8 Å². The highest BCUT2D eigenvalue weighted by Gasteiger charge is 2.40. The Labute approximate surface area is 146 Å². The number of hydrogen-bond donors (Lipinski definition) is 0. The molecule has 0 spiro atoms. The summed E-state index contributed by atoms with van der Waals surface area (Å²) in [6.45, 7) is 1.20. The van der Waals surface area contributed by atoms with Crippen LogP contribution in [0.5, 0.6) is 0 Å². The normalized spacial score (nSPS) is 21.9. The summed E-state index contributed by atoms with van der Waals surface area (Å²) in [6.07, 6.45) is 5.57. The summed E-state index contributed by atoms with van der Waals surface area (Å²) in [4.78, 5) is -0.266. The van der Waals surface area contributed by atoms with Gasteiger partial charge in [-0.2, -0.15) is 4.31 Å². The van der Waals surface area contributed by atoms with Crippen LogP contribution in [0.1, 0.15) is 49.8 Å². The SMILES string of the molecule is O=S(=O)(c1ccccc1F)N1CCC[C@H]1c1nnc2n1CCCCC2. The Hall–Kier alpha value is -1.80. The summed E-state index contributed by atoms with van der Waals surface area (Å²) in [7, 11) is -3.90. The Morgan fingerprint density at radius 2 is 1.88 bits per heavy atom. The van der Waals surface area contributed by atoms with Crippen molar-refractivity contribution in [1.29, 1.82) is 0 Å². The average Bonchev–Trinajstić information content (AvgIpc) is 3.16. The number of fused-ring (bicyclic) bond motifs is 1. The van der Waals surface area contributed by atoms with Gasteiger partial charge in [0.15, 0.2) is 5.82 Å². The van der Waals surface area contributed by atoms with E-state index in [4.69, 9.17) is 0 Å². The molecular formula is C17H21FN4O2S. The van der Waals surface area contributed by atoms with Crippen molar-refractivity contribution >= 4 is 10.0 Å². The van der Waals surface area contributed by atoms with Crippen molar-refractivity contribution in [2.75, 3.05) is 6.54 Å². The van der Waals surface area contributed by atoms with Crippen LogP contribution in [0.25, 0.3) is 0 Å². The minimum absolute atomic E-state index is 0.266. The van der Waals surface area contributed by atoms with Crippen molar-refractivity contribution in [3.05, 3.63) is 41.7 Å². The quantitative estimate of drug-likeness (QED) is 0.840. The van der Waals surface area contributed by atoms with E-state index in [1.165, 1.54) is 22.5 Å². The zero-order valence-corrected chi connectivity index (χ0v) is 14.8. The van der Waals surface area contributed by atoms with Gasteiger partial charge in [0.2, 0.25) is 10.0 Å². The molecule has 6 nitrogen and oxygen atoms in total. The number of halogens is 1. The van der Waals surface area contributed by atoms with Gasteiger partial charge in [-0.15, -0.1) is 10.2 Å². The summed E-state index contributed by atoms with van der Waals surface area (Å²) < 4.78 is 43.6. The van der Waals surface area contributed by atoms with Gasteiger partial charge in [0, 0.05) is 19.5 Å². The van der Waals surface area contributed by atoms with Crippen molar-refractivity contribution in [2.45, 2.75) is 56.0 Å². The van der Waals surface area contributed by atoms with Gasteiger partial charge in [-0.25, -0.2) is 12.8 Å². The number of aryl methyl sites for hydroxylation is 1. The highest BCUT2D eigenvalue weighted by molar-refractivity contribution is 7.89. The van der Waals surface area contributed by atoms with Gasteiger partial charge in [0.05, 0.1) is 6.04 Å². The Balaban J connectivity index is 1.72. The Morgan fingerprint density at radius 3 is 2.72 bits per heavy atom. The number of hydrogen-bond acceptors (Lipinski definition) is 4. The highest BCUT2D eigenvalue weighted by atomic mass is 32.2. The molecule has 3 heterocycles. The zero-order valence-electron chi connectivity index (χ0n) is 13.9. The molecule has 0 aliphatic carbocycles. The molecule has 1 fully saturated rings. The summed E-state index contributed by atoms with van der Waals surface area (Å²) in [5.74, 6) is 0.921. The van der Waals surface area contributed by atoms with Crippen LogP contribution in [-0.4, -0.2) is 34.0 Å². The molecular weight excluding hydrogens is 343 g/mol. The maximum absolute atomic E-state index is 14.1. The molecule has 0 unspecified atom stereocenters. The second kappa shape index (κ2) is 6.49. The van der Waals surface area contributed by atoms with Crippen LogP contribution in [-0.2, 0) is 23.0 Å². The summed E-state index contributed by atoms with van der Waals surface area (Å²) in [6, 6.07) is 5.17. The first-order chi connectivity index (χ1) is 12.1. The molecule has 2 aromatic rings. The number of aromatic nitrogens is 3. The fraction of sp³-hybridized carbons (Fsp3) is 0.529. The largest absolute Gasteiger partial charge is 0.314 e. The van der Waals surface area contributed by atoms with Crippen LogP contribution in [0.15, 0.2) is 29.2 Å². The van der Waals surface area contributed by atoms with Crippen LogP contribution in [0.3, 0.4) is 0 Å². The van der Waals surface area contributed by atoms with E-state index in [0.717, 1.165) is 44.5 Å². The maximum Gasteiger partial charge on any atom is 0.246 e. The lowest BCUT2D eigenvalue weighted by atomic mass is 10.2. The Morgan fingerprint density at radius 1 is 1.04 bits per heavy atom. The molecule has 2 aliphatic heterocycles. The first kappa shape index (κ1) is 16.7. The lowest BCUT2D eigenvalue weighted by Crippen LogP contribution is -2.32.